The summed E-state index contributed by atoms with van der Waals surface area (Å²) in [6.07, 6.45) is 3.49. The number of hydrogen-bond acceptors (Lipinski definition) is 4. The molecule has 1 aliphatic rings. The Balaban J connectivity index is 1.56. The Labute approximate surface area is 123 Å². The maximum atomic E-state index is 11.7. The van der Waals surface area contributed by atoms with E-state index >= 15 is 0 Å². The maximum absolute atomic E-state index is 11.7. The van der Waals surface area contributed by atoms with Crippen molar-refractivity contribution in [2.24, 2.45) is 0 Å². The highest BCUT2D eigenvalue weighted by Crippen LogP contribution is 2.20. The summed E-state index contributed by atoms with van der Waals surface area (Å²) >= 11 is 0. The van der Waals surface area contributed by atoms with E-state index in [4.69, 9.17) is 4.74 Å². The van der Waals surface area contributed by atoms with Crippen LogP contribution in [0.1, 0.15) is 19.8 Å². The molecule has 3 rings (SSSR count). The second kappa shape index (κ2) is 6.03. The van der Waals surface area contributed by atoms with Gasteiger partial charge >= 0.3 is 6.09 Å². The minimum Gasteiger partial charge on any atom is -0.450 e. The number of H-pyrrole nitrogens is 1. The standard InChI is InChI=1S/C15H20N4O2/c1-2-21-15(20)19-7-5-12(6-8-19)17-13-3-4-14-11(9-13)10-16-18-14/h3-4,9-10,12,17H,2,5-8H2,1H3,(H,16,18). The molecule has 1 amide bonds. The Bertz CT molecular complexity index is 617. The number of piperidine rings is 1. The lowest BCUT2D eigenvalue weighted by atomic mass is 10.0. The van der Waals surface area contributed by atoms with Gasteiger partial charge in [-0.2, -0.15) is 5.10 Å². The molecule has 1 saturated heterocycles. The number of likely N-dealkylation sites (tertiary alicyclic amines) is 1. The molecule has 21 heavy (non-hydrogen) atoms. The normalized spacial score (nSPS) is 16.1. The predicted octanol–water partition coefficient (Wildman–Crippen LogP) is 2.60. The van der Waals surface area contributed by atoms with E-state index in [-0.39, 0.29) is 6.09 Å². The van der Waals surface area contributed by atoms with Crippen LogP contribution in [0.4, 0.5) is 10.5 Å². The van der Waals surface area contributed by atoms with Crippen molar-refractivity contribution in [1.82, 2.24) is 15.1 Å². The van der Waals surface area contributed by atoms with Gasteiger partial charge in [-0.25, -0.2) is 4.79 Å². The Kier molecular flexibility index (Phi) is 3.94. The van der Waals surface area contributed by atoms with Gasteiger partial charge in [0.2, 0.25) is 0 Å². The molecule has 6 heteroatoms. The number of anilines is 1. The van der Waals surface area contributed by atoms with Crippen molar-refractivity contribution in [2.75, 3.05) is 25.0 Å². The average Bonchev–Trinajstić information content (AvgIpc) is 2.96. The third-order valence-corrected chi connectivity index (χ3v) is 3.83. The summed E-state index contributed by atoms with van der Waals surface area (Å²) in [6.45, 7) is 3.74. The van der Waals surface area contributed by atoms with Gasteiger partial charge in [-0.05, 0) is 38.0 Å². The second-order valence-electron chi connectivity index (χ2n) is 5.28. The van der Waals surface area contributed by atoms with Crippen LogP contribution >= 0.6 is 0 Å². The van der Waals surface area contributed by atoms with Crippen LogP contribution in [0.25, 0.3) is 10.9 Å². The number of carbonyl (C=O) groups is 1. The van der Waals surface area contributed by atoms with E-state index in [0.29, 0.717) is 12.6 Å². The van der Waals surface area contributed by atoms with Gasteiger partial charge < -0.3 is 15.0 Å². The molecule has 1 aliphatic heterocycles. The van der Waals surface area contributed by atoms with Gasteiger partial charge in [-0.3, -0.25) is 5.10 Å². The third kappa shape index (κ3) is 3.09. The predicted molar refractivity (Wildman–Crippen MR) is 81.3 cm³/mol. The maximum Gasteiger partial charge on any atom is 0.409 e. The molecule has 0 radical (unpaired) electrons. The molecular weight excluding hydrogens is 268 g/mol. The van der Waals surface area contributed by atoms with Gasteiger partial charge in [-0.15, -0.1) is 0 Å². The van der Waals surface area contributed by atoms with Gasteiger partial charge in [0.15, 0.2) is 0 Å². The van der Waals surface area contributed by atoms with Crippen molar-refractivity contribution in [3.05, 3.63) is 24.4 Å². The van der Waals surface area contributed by atoms with E-state index in [0.717, 1.165) is 42.5 Å². The fourth-order valence-electron chi connectivity index (χ4n) is 2.69. The number of rotatable bonds is 3. The Morgan fingerprint density at radius 1 is 1.48 bits per heavy atom. The van der Waals surface area contributed by atoms with Crippen LogP contribution < -0.4 is 5.32 Å². The first-order valence-corrected chi connectivity index (χ1v) is 7.37. The van der Waals surface area contributed by atoms with Gasteiger partial charge in [0.1, 0.15) is 0 Å². The lowest BCUT2D eigenvalue weighted by molar-refractivity contribution is 0.0983. The molecule has 1 aromatic carbocycles. The number of nitrogens with one attached hydrogen (secondary N) is 2. The monoisotopic (exact) mass is 288 g/mol. The number of fused-ring (bicyclic) bond motifs is 1. The molecule has 0 spiro atoms. The number of ether oxygens (including phenoxy) is 1. The van der Waals surface area contributed by atoms with Crippen molar-refractivity contribution in [1.29, 1.82) is 0 Å². The van der Waals surface area contributed by atoms with Gasteiger partial charge in [-0.1, -0.05) is 0 Å². The molecule has 6 nitrogen and oxygen atoms in total. The minimum absolute atomic E-state index is 0.198. The third-order valence-electron chi connectivity index (χ3n) is 3.83. The van der Waals surface area contributed by atoms with Crippen molar-refractivity contribution >= 4 is 22.7 Å². The first-order valence-electron chi connectivity index (χ1n) is 7.37. The summed E-state index contributed by atoms with van der Waals surface area (Å²) in [5.74, 6) is 0. The highest BCUT2D eigenvalue weighted by atomic mass is 16.6. The molecule has 0 saturated carbocycles. The molecule has 1 fully saturated rings. The summed E-state index contributed by atoms with van der Waals surface area (Å²) in [6, 6.07) is 6.56. The lowest BCUT2D eigenvalue weighted by Gasteiger charge is -2.32. The van der Waals surface area contributed by atoms with E-state index in [1.165, 1.54) is 0 Å². The number of amides is 1. The number of nitrogens with zero attached hydrogens (tertiary/aromatic N) is 2. The van der Waals surface area contributed by atoms with Crippen molar-refractivity contribution in [3.8, 4) is 0 Å². The van der Waals surface area contributed by atoms with Crippen LogP contribution in [-0.2, 0) is 4.74 Å². The molecule has 0 aliphatic carbocycles. The SMILES string of the molecule is CCOC(=O)N1CCC(Nc2ccc3[nH]ncc3c2)CC1. The number of aromatic amines is 1. The number of hydrogen-bond donors (Lipinski definition) is 2. The molecule has 2 aromatic rings. The van der Waals surface area contributed by atoms with Crippen LogP contribution in [0.3, 0.4) is 0 Å². The van der Waals surface area contributed by atoms with Crippen molar-refractivity contribution < 1.29 is 9.53 Å². The van der Waals surface area contributed by atoms with Gasteiger partial charge in [0.25, 0.3) is 0 Å². The van der Waals surface area contributed by atoms with Crippen LogP contribution in [0, 0.1) is 0 Å². The van der Waals surface area contributed by atoms with E-state index < -0.39 is 0 Å². The molecule has 0 bridgehead atoms. The first-order chi connectivity index (χ1) is 10.3. The van der Waals surface area contributed by atoms with E-state index in [2.05, 4.69) is 27.6 Å². The molecule has 2 N–H and O–H groups in total. The summed E-state index contributed by atoms with van der Waals surface area (Å²) in [5, 5.41) is 11.6. The zero-order valence-electron chi connectivity index (χ0n) is 12.1. The highest BCUT2D eigenvalue weighted by Gasteiger charge is 2.23. The Morgan fingerprint density at radius 3 is 3.05 bits per heavy atom. The highest BCUT2D eigenvalue weighted by molar-refractivity contribution is 5.81. The van der Waals surface area contributed by atoms with Crippen LogP contribution in [0.15, 0.2) is 24.4 Å². The lowest BCUT2D eigenvalue weighted by Crippen LogP contribution is -2.42. The molecular formula is C15H20N4O2. The average molecular weight is 288 g/mol. The number of benzene rings is 1. The number of carbonyl (C=O) groups excluding carboxylic acids is 1. The quantitative estimate of drug-likeness (QED) is 0.910. The van der Waals surface area contributed by atoms with E-state index in [1.54, 1.807) is 4.90 Å². The minimum atomic E-state index is -0.198. The van der Waals surface area contributed by atoms with E-state index in [1.807, 2.05) is 19.2 Å². The largest absolute Gasteiger partial charge is 0.450 e. The first kappa shape index (κ1) is 13.7. The van der Waals surface area contributed by atoms with Crippen LogP contribution in [0.2, 0.25) is 0 Å². The summed E-state index contributed by atoms with van der Waals surface area (Å²) in [5.41, 5.74) is 2.14. The van der Waals surface area contributed by atoms with Crippen LogP contribution in [0.5, 0.6) is 0 Å². The van der Waals surface area contributed by atoms with E-state index in [9.17, 15) is 4.79 Å². The van der Waals surface area contributed by atoms with Gasteiger partial charge in [0, 0.05) is 30.2 Å². The van der Waals surface area contributed by atoms with Crippen LogP contribution in [-0.4, -0.2) is 46.9 Å². The molecule has 1 aromatic heterocycles. The summed E-state index contributed by atoms with van der Waals surface area (Å²) < 4.78 is 5.03. The molecule has 0 unspecified atom stereocenters. The summed E-state index contributed by atoms with van der Waals surface area (Å²) in [4.78, 5) is 13.4. The fraction of sp³-hybridized carbons (Fsp3) is 0.467. The zero-order valence-corrected chi connectivity index (χ0v) is 12.1. The Morgan fingerprint density at radius 2 is 2.29 bits per heavy atom. The summed E-state index contributed by atoms with van der Waals surface area (Å²) in [7, 11) is 0. The van der Waals surface area contributed by atoms with Crippen molar-refractivity contribution in [3.63, 3.8) is 0 Å². The zero-order chi connectivity index (χ0) is 14.7. The Hall–Kier alpha value is -2.24. The molecule has 112 valence electrons. The number of aromatic nitrogens is 2. The smallest absolute Gasteiger partial charge is 0.409 e. The molecule has 0 atom stereocenters. The topological polar surface area (TPSA) is 70.2 Å². The van der Waals surface area contributed by atoms with Gasteiger partial charge in [0.05, 0.1) is 18.3 Å². The second-order valence-corrected chi connectivity index (χ2v) is 5.28. The fourth-order valence-corrected chi connectivity index (χ4v) is 2.69. The molecule has 2 heterocycles. The van der Waals surface area contributed by atoms with Crippen molar-refractivity contribution in [2.45, 2.75) is 25.8 Å².